The molecule has 0 aliphatic rings. The molecule has 1 atom stereocenters. The summed E-state index contributed by atoms with van der Waals surface area (Å²) in [6.07, 6.45) is 3.68. The first kappa shape index (κ1) is 10.5. The van der Waals surface area contributed by atoms with Crippen LogP contribution in [0.25, 0.3) is 0 Å². The van der Waals surface area contributed by atoms with Crippen LogP contribution in [0, 0.1) is 0 Å². The fraction of sp³-hybridized carbons (Fsp3) is 0.556. The van der Waals surface area contributed by atoms with E-state index in [1.54, 1.807) is 11.8 Å². The highest BCUT2D eigenvalue weighted by Gasteiger charge is 2.07. The monoisotopic (exact) mass is 201 g/mol. The highest BCUT2D eigenvalue weighted by atomic mass is 32.2. The van der Waals surface area contributed by atoms with Gasteiger partial charge in [0.2, 0.25) is 0 Å². The van der Waals surface area contributed by atoms with Crippen molar-refractivity contribution in [1.82, 2.24) is 4.98 Å². The van der Waals surface area contributed by atoms with Gasteiger partial charge in [0.05, 0.1) is 0 Å². The van der Waals surface area contributed by atoms with Crippen LogP contribution in [0.4, 0.5) is 0 Å². The van der Waals surface area contributed by atoms with E-state index in [0.29, 0.717) is 6.61 Å². The first-order valence-electron chi connectivity index (χ1n) is 4.27. The first-order chi connectivity index (χ1) is 6.27. The first-order valence-corrected chi connectivity index (χ1v) is 5.50. The van der Waals surface area contributed by atoms with Crippen molar-refractivity contribution in [3.8, 4) is 5.75 Å². The van der Waals surface area contributed by atoms with Crippen LogP contribution in [0.15, 0.2) is 17.3 Å². The van der Waals surface area contributed by atoms with Crippen LogP contribution >= 0.6 is 11.8 Å². The van der Waals surface area contributed by atoms with Gasteiger partial charge in [-0.1, -0.05) is 0 Å². The van der Waals surface area contributed by atoms with Crippen molar-refractivity contribution < 1.29 is 9.47 Å². The topological polar surface area (TPSA) is 34.2 Å². The van der Waals surface area contributed by atoms with Gasteiger partial charge in [0, 0.05) is 12.8 Å². The molecule has 1 rings (SSSR count). The summed E-state index contributed by atoms with van der Waals surface area (Å²) in [5.74, 6) is 0.855. The van der Waals surface area contributed by atoms with Crippen molar-refractivity contribution in [2.75, 3.05) is 12.9 Å². The number of nitrogens with one attached hydrogen (secondary N) is 1. The lowest BCUT2D eigenvalue weighted by molar-refractivity contribution is -0.0627. The predicted molar refractivity (Wildman–Crippen MR) is 54.3 cm³/mol. The number of rotatable bonds is 5. The lowest BCUT2D eigenvalue weighted by Crippen LogP contribution is -2.15. The Morgan fingerprint density at radius 1 is 1.62 bits per heavy atom. The second kappa shape index (κ2) is 5.19. The third kappa shape index (κ3) is 2.97. The molecule has 0 radical (unpaired) electrons. The molecular weight excluding hydrogens is 186 g/mol. The van der Waals surface area contributed by atoms with Gasteiger partial charge in [-0.2, -0.15) is 0 Å². The van der Waals surface area contributed by atoms with Crippen LogP contribution in [-0.2, 0) is 4.74 Å². The molecule has 0 spiro atoms. The lowest BCUT2D eigenvalue weighted by atomic mass is 10.6. The number of thioether (sulfide) groups is 1. The average molecular weight is 201 g/mol. The van der Waals surface area contributed by atoms with Crippen molar-refractivity contribution in [1.29, 1.82) is 0 Å². The van der Waals surface area contributed by atoms with E-state index in [-0.39, 0.29) is 6.29 Å². The molecule has 0 fully saturated rings. The van der Waals surface area contributed by atoms with Gasteiger partial charge in [-0.25, -0.2) is 0 Å². The summed E-state index contributed by atoms with van der Waals surface area (Å²) in [5, 5.41) is 1.03. The van der Waals surface area contributed by atoms with E-state index in [1.165, 1.54) is 0 Å². The number of H-pyrrole nitrogens is 1. The third-order valence-corrected chi connectivity index (χ3v) is 2.30. The second-order valence-corrected chi connectivity index (χ2v) is 3.33. The minimum Gasteiger partial charge on any atom is -0.462 e. The van der Waals surface area contributed by atoms with Crippen LogP contribution < -0.4 is 4.74 Å². The molecular formula is C9H15NO2S. The number of hydrogen-bond donors (Lipinski definition) is 1. The highest BCUT2D eigenvalue weighted by Crippen LogP contribution is 2.26. The quantitative estimate of drug-likeness (QED) is 0.587. The molecule has 3 nitrogen and oxygen atoms in total. The van der Waals surface area contributed by atoms with Crippen LogP contribution in [0.3, 0.4) is 0 Å². The van der Waals surface area contributed by atoms with Gasteiger partial charge in [0.15, 0.2) is 12.0 Å². The third-order valence-electron chi connectivity index (χ3n) is 1.57. The van der Waals surface area contributed by atoms with E-state index in [4.69, 9.17) is 9.47 Å². The number of aromatic amines is 1. The fourth-order valence-electron chi connectivity index (χ4n) is 1.04. The molecule has 1 aromatic rings. The minimum atomic E-state index is -0.188. The van der Waals surface area contributed by atoms with E-state index in [1.807, 2.05) is 32.4 Å². The van der Waals surface area contributed by atoms with Crippen molar-refractivity contribution in [2.24, 2.45) is 0 Å². The van der Waals surface area contributed by atoms with E-state index < -0.39 is 0 Å². The Balaban J connectivity index is 2.52. The van der Waals surface area contributed by atoms with Crippen LogP contribution in [0.2, 0.25) is 0 Å². The molecule has 0 aliphatic carbocycles. The van der Waals surface area contributed by atoms with Crippen molar-refractivity contribution in [3.05, 3.63) is 12.3 Å². The van der Waals surface area contributed by atoms with Gasteiger partial charge < -0.3 is 14.5 Å². The Labute approximate surface area is 82.8 Å². The summed E-state index contributed by atoms with van der Waals surface area (Å²) in [4.78, 5) is 3.09. The summed E-state index contributed by atoms with van der Waals surface area (Å²) in [7, 11) is 0. The molecule has 1 unspecified atom stereocenters. The Morgan fingerprint density at radius 3 is 3.00 bits per heavy atom. The summed E-state index contributed by atoms with van der Waals surface area (Å²) in [6.45, 7) is 4.51. The largest absolute Gasteiger partial charge is 0.462 e. The molecule has 0 amide bonds. The lowest BCUT2D eigenvalue weighted by Gasteiger charge is -2.13. The van der Waals surface area contributed by atoms with Gasteiger partial charge in [-0.15, -0.1) is 11.8 Å². The Hall–Kier alpha value is -0.610. The predicted octanol–water partition coefficient (Wildman–Crippen LogP) is 2.50. The van der Waals surface area contributed by atoms with Gasteiger partial charge in [-0.3, -0.25) is 0 Å². The van der Waals surface area contributed by atoms with Gasteiger partial charge in [0.25, 0.3) is 0 Å². The van der Waals surface area contributed by atoms with E-state index in [9.17, 15) is 0 Å². The maximum Gasteiger partial charge on any atom is 0.197 e. The molecule has 0 saturated carbocycles. The van der Waals surface area contributed by atoms with Crippen LogP contribution in [0.1, 0.15) is 13.8 Å². The van der Waals surface area contributed by atoms with Crippen molar-refractivity contribution >= 4 is 11.8 Å². The Bertz CT molecular complexity index is 250. The maximum absolute atomic E-state index is 5.54. The van der Waals surface area contributed by atoms with E-state index in [2.05, 4.69) is 4.98 Å². The molecule has 13 heavy (non-hydrogen) atoms. The molecule has 1 heterocycles. The number of hydrogen-bond acceptors (Lipinski definition) is 3. The molecule has 1 N–H and O–H groups in total. The standard InChI is InChI=1S/C9H15NO2S/c1-4-11-7(2)12-8-5-6-10-9(8)13-3/h5-7,10H,4H2,1-3H3. The zero-order valence-corrected chi connectivity index (χ0v) is 8.98. The summed E-state index contributed by atoms with van der Waals surface area (Å²) in [5.41, 5.74) is 0. The van der Waals surface area contributed by atoms with Gasteiger partial charge in [0.1, 0.15) is 5.03 Å². The minimum absolute atomic E-state index is 0.188. The summed E-state index contributed by atoms with van der Waals surface area (Å²) >= 11 is 1.63. The van der Waals surface area contributed by atoms with E-state index in [0.717, 1.165) is 10.8 Å². The summed E-state index contributed by atoms with van der Waals surface area (Å²) < 4.78 is 10.8. The molecule has 0 saturated heterocycles. The second-order valence-electron chi connectivity index (χ2n) is 2.52. The molecule has 74 valence electrons. The molecule has 0 aliphatic heterocycles. The van der Waals surface area contributed by atoms with Crippen molar-refractivity contribution in [2.45, 2.75) is 25.2 Å². The number of ether oxygens (including phenoxy) is 2. The fourth-order valence-corrected chi connectivity index (χ4v) is 1.54. The number of aromatic nitrogens is 1. The molecule has 0 aromatic carbocycles. The normalized spacial score (nSPS) is 12.8. The van der Waals surface area contributed by atoms with Gasteiger partial charge in [-0.05, 0) is 26.2 Å². The summed E-state index contributed by atoms with van der Waals surface area (Å²) in [6, 6.07) is 1.90. The van der Waals surface area contributed by atoms with Crippen molar-refractivity contribution in [3.63, 3.8) is 0 Å². The SMILES string of the molecule is CCOC(C)Oc1cc[nH]c1SC. The molecule has 1 aromatic heterocycles. The molecule has 0 bridgehead atoms. The van der Waals surface area contributed by atoms with Crippen LogP contribution in [-0.4, -0.2) is 24.1 Å². The molecule has 4 heteroatoms. The maximum atomic E-state index is 5.54. The zero-order chi connectivity index (χ0) is 9.68. The highest BCUT2D eigenvalue weighted by molar-refractivity contribution is 7.98. The van der Waals surface area contributed by atoms with E-state index >= 15 is 0 Å². The Kier molecular flexibility index (Phi) is 4.18. The zero-order valence-electron chi connectivity index (χ0n) is 8.16. The smallest absolute Gasteiger partial charge is 0.197 e. The van der Waals surface area contributed by atoms with Crippen LogP contribution in [0.5, 0.6) is 5.75 Å². The van der Waals surface area contributed by atoms with Gasteiger partial charge >= 0.3 is 0 Å². The average Bonchev–Trinajstić information content (AvgIpc) is 2.52. The Morgan fingerprint density at radius 2 is 2.38 bits per heavy atom.